The average molecular weight is 368 g/mol. The molecule has 26 heavy (non-hydrogen) atoms. The molecule has 0 amide bonds. The van der Waals surface area contributed by atoms with E-state index in [-0.39, 0.29) is 5.75 Å². The molecule has 132 valence electrons. The van der Waals surface area contributed by atoms with E-state index in [1.54, 1.807) is 19.2 Å². The van der Waals surface area contributed by atoms with Gasteiger partial charge in [-0.05, 0) is 43.7 Å². The number of aromatic amines is 1. The minimum atomic E-state index is 0.0501. The van der Waals surface area contributed by atoms with Crippen molar-refractivity contribution >= 4 is 33.4 Å². The van der Waals surface area contributed by atoms with Crippen molar-refractivity contribution in [1.29, 1.82) is 0 Å². The van der Waals surface area contributed by atoms with Gasteiger partial charge in [0.05, 0.1) is 23.5 Å². The van der Waals surface area contributed by atoms with Crippen LogP contribution in [0.5, 0.6) is 11.5 Å². The first-order valence-corrected chi connectivity index (χ1v) is 8.76. The Morgan fingerprint density at radius 1 is 1.19 bits per heavy atom. The normalized spacial score (nSPS) is 11.4. The molecule has 4 aromatic rings. The van der Waals surface area contributed by atoms with Gasteiger partial charge in [-0.25, -0.2) is 4.98 Å². The number of ether oxygens (including phenoxy) is 1. The van der Waals surface area contributed by atoms with Crippen molar-refractivity contribution in [1.82, 2.24) is 15.2 Å². The number of halogens is 1. The number of aromatic hydroxyl groups is 1. The quantitative estimate of drug-likeness (QED) is 0.533. The summed E-state index contributed by atoms with van der Waals surface area (Å²) in [5.74, 6) is 0.900. The summed E-state index contributed by atoms with van der Waals surface area (Å²) in [4.78, 5) is 4.80. The van der Waals surface area contributed by atoms with Crippen LogP contribution in [-0.2, 0) is 6.42 Å². The SMILES string of the molecule is CCc1c(OC)ccc2c(-c3ccc(O)c(Cl)c3)nc3[nH]nc(C)c3c12. The number of nitrogens with zero attached hydrogens (tertiary/aromatic N) is 2. The summed E-state index contributed by atoms with van der Waals surface area (Å²) >= 11 is 6.13. The highest BCUT2D eigenvalue weighted by Crippen LogP contribution is 2.40. The van der Waals surface area contributed by atoms with Crippen molar-refractivity contribution in [2.45, 2.75) is 20.3 Å². The van der Waals surface area contributed by atoms with E-state index in [2.05, 4.69) is 17.1 Å². The van der Waals surface area contributed by atoms with Gasteiger partial charge in [0, 0.05) is 27.3 Å². The molecule has 0 saturated heterocycles. The highest BCUT2D eigenvalue weighted by Gasteiger charge is 2.19. The molecule has 2 N–H and O–H groups in total. The zero-order valence-corrected chi connectivity index (χ0v) is 15.5. The number of H-pyrrole nitrogens is 1. The number of fused-ring (bicyclic) bond motifs is 3. The van der Waals surface area contributed by atoms with Crippen LogP contribution in [0.2, 0.25) is 5.02 Å². The third-order valence-electron chi connectivity index (χ3n) is 4.72. The maximum atomic E-state index is 9.74. The van der Waals surface area contributed by atoms with Gasteiger partial charge < -0.3 is 9.84 Å². The fourth-order valence-corrected chi connectivity index (χ4v) is 3.68. The van der Waals surface area contributed by atoms with Crippen LogP contribution >= 0.6 is 11.6 Å². The summed E-state index contributed by atoms with van der Waals surface area (Å²) in [6, 6.07) is 9.10. The third kappa shape index (κ3) is 2.39. The highest BCUT2D eigenvalue weighted by atomic mass is 35.5. The lowest BCUT2D eigenvalue weighted by atomic mass is 9.95. The zero-order valence-electron chi connectivity index (χ0n) is 14.7. The van der Waals surface area contributed by atoms with E-state index in [0.717, 1.165) is 56.5 Å². The molecule has 0 unspecified atom stereocenters. The molecule has 0 aliphatic carbocycles. The number of phenolic OH excluding ortho intramolecular Hbond substituents is 1. The molecule has 0 bridgehead atoms. The Balaban J connectivity index is 2.19. The number of benzene rings is 2. The van der Waals surface area contributed by atoms with Crippen molar-refractivity contribution in [3.63, 3.8) is 0 Å². The summed E-state index contributed by atoms with van der Waals surface area (Å²) in [6.07, 6.45) is 0.819. The number of nitrogens with one attached hydrogen (secondary N) is 1. The smallest absolute Gasteiger partial charge is 0.156 e. The number of aromatic nitrogens is 3. The van der Waals surface area contributed by atoms with Gasteiger partial charge in [0.15, 0.2) is 5.65 Å². The second-order valence-corrected chi connectivity index (χ2v) is 6.59. The monoisotopic (exact) mass is 367 g/mol. The van der Waals surface area contributed by atoms with E-state index in [1.165, 1.54) is 0 Å². The molecule has 2 aromatic carbocycles. The van der Waals surface area contributed by atoms with Crippen molar-refractivity contribution in [3.8, 4) is 22.8 Å². The van der Waals surface area contributed by atoms with Gasteiger partial charge in [-0.2, -0.15) is 5.10 Å². The van der Waals surface area contributed by atoms with Gasteiger partial charge in [-0.15, -0.1) is 0 Å². The lowest BCUT2D eigenvalue weighted by molar-refractivity contribution is 0.411. The molecule has 0 aliphatic rings. The first-order chi connectivity index (χ1) is 12.5. The van der Waals surface area contributed by atoms with Crippen LogP contribution in [0.25, 0.3) is 33.1 Å². The van der Waals surface area contributed by atoms with Crippen LogP contribution in [0.1, 0.15) is 18.2 Å². The number of hydrogen-bond acceptors (Lipinski definition) is 4. The van der Waals surface area contributed by atoms with Crippen LogP contribution in [-0.4, -0.2) is 27.4 Å². The summed E-state index contributed by atoms with van der Waals surface area (Å²) in [6.45, 7) is 4.08. The Morgan fingerprint density at radius 2 is 2.00 bits per heavy atom. The number of rotatable bonds is 3. The van der Waals surface area contributed by atoms with Gasteiger partial charge in [0.2, 0.25) is 0 Å². The second kappa shape index (κ2) is 6.18. The maximum Gasteiger partial charge on any atom is 0.156 e. The Hall–Kier alpha value is -2.79. The molecule has 0 radical (unpaired) electrons. The second-order valence-electron chi connectivity index (χ2n) is 6.18. The van der Waals surface area contributed by atoms with Gasteiger partial charge in [-0.1, -0.05) is 18.5 Å². The molecule has 4 rings (SSSR count). The number of pyridine rings is 1. The molecule has 2 aromatic heterocycles. The molecule has 2 heterocycles. The standard InChI is InChI=1S/C20H18ClN3O2/c1-4-12-16(26-3)8-6-13-18(12)17-10(2)23-24-20(17)22-19(13)11-5-7-15(25)14(21)9-11/h5-9,25H,4H2,1-3H3,(H,22,23,24). The first kappa shape index (κ1) is 16.7. The van der Waals surface area contributed by atoms with Gasteiger partial charge in [0.25, 0.3) is 0 Å². The molecule has 0 aliphatic heterocycles. The minimum Gasteiger partial charge on any atom is -0.506 e. The van der Waals surface area contributed by atoms with E-state index >= 15 is 0 Å². The number of aryl methyl sites for hydroxylation is 2. The van der Waals surface area contributed by atoms with Crippen molar-refractivity contribution in [3.05, 3.63) is 46.6 Å². The molecule has 0 atom stereocenters. The van der Waals surface area contributed by atoms with Crippen LogP contribution in [0.4, 0.5) is 0 Å². The molecule has 0 saturated carbocycles. The van der Waals surface area contributed by atoms with Crippen LogP contribution in [0, 0.1) is 6.92 Å². The number of hydrogen-bond donors (Lipinski definition) is 2. The van der Waals surface area contributed by atoms with E-state index in [4.69, 9.17) is 21.3 Å². The highest BCUT2D eigenvalue weighted by molar-refractivity contribution is 6.32. The summed E-state index contributed by atoms with van der Waals surface area (Å²) in [5.41, 5.74) is 4.36. The molecule has 0 fully saturated rings. The van der Waals surface area contributed by atoms with Gasteiger partial charge in [-0.3, -0.25) is 5.10 Å². The average Bonchev–Trinajstić information content (AvgIpc) is 3.03. The van der Waals surface area contributed by atoms with E-state index < -0.39 is 0 Å². The van der Waals surface area contributed by atoms with Crippen molar-refractivity contribution < 1.29 is 9.84 Å². The maximum absolute atomic E-state index is 9.74. The predicted molar refractivity (Wildman–Crippen MR) is 104 cm³/mol. The number of methoxy groups -OCH3 is 1. The van der Waals surface area contributed by atoms with E-state index in [9.17, 15) is 5.11 Å². The molecular formula is C20H18ClN3O2. The first-order valence-electron chi connectivity index (χ1n) is 8.38. The summed E-state index contributed by atoms with van der Waals surface area (Å²) in [5, 5.41) is 20.5. The Kier molecular flexibility index (Phi) is 3.96. The van der Waals surface area contributed by atoms with Crippen LogP contribution in [0.15, 0.2) is 30.3 Å². The molecule has 6 heteroatoms. The van der Waals surface area contributed by atoms with Crippen LogP contribution < -0.4 is 4.74 Å². The lowest BCUT2D eigenvalue weighted by Gasteiger charge is -2.14. The predicted octanol–water partition coefficient (Wildman–Crippen LogP) is 5.02. The lowest BCUT2D eigenvalue weighted by Crippen LogP contribution is -1.96. The van der Waals surface area contributed by atoms with Crippen molar-refractivity contribution in [2.75, 3.05) is 7.11 Å². The Labute approximate surface area is 155 Å². The molecular weight excluding hydrogens is 350 g/mol. The molecule has 0 spiro atoms. The van der Waals surface area contributed by atoms with E-state index in [0.29, 0.717) is 5.02 Å². The molecule has 5 nitrogen and oxygen atoms in total. The zero-order chi connectivity index (χ0) is 18.4. The van der Waals surface area contributed by atoms with E-state index in [1.807, 2.05) is 25.1 Å². The fraction of sp³-hybridized carbons (Fsp3) is 0.200. The van der Waals surface area contributed by atoms with Gasteiger partial charge in [0.1, 0.15) is 11.5 Å². The topological polar surface area (TPSA) is 71.0 Å². The Bertz CT molecular complexity index is 1150. The largest absolute Gasteiger partial charge is 0.506 e. The van der Waals surface area contributed by atoms with Gasteiger partial charge >= 0.3 is 0 Å². The number of phenols is 1. The fourth-order valence-electron chi connectivity index (χ4n) is 3.50. The summed E-state index contributed by atoms with van der Waals surface area (Å²) in [7, 11) is 1.68. The minimum absolute atomic E-state index is 0.0501. The van der Waals surface area contributed by atoms with Crippen molar-refractivity contribution in [2.24, 2.45) is 0 Å². The summed E-state index contributed by atoms with van der Waals surface area (Å²) < 4.78 is 5.58. The Morgan fingerprint density at radius 3 is 2.69 bits per heavy atom. The van der Waals surface area contributed by atoms with Crippen LogP contribution in [0.3, 0.4) is 0 Å². The third-order valence-corrected chi connectivity index (χ3v) is 5.02.